The summed E-state index contributed by atoms with van der Waals surface area (Å²) < 4.78 is 5.10. The maximum absolute atomic E-state index is 11.1. The molecule has 1 aliphatic rings. The molecule has 4 nitrogen and oxygen atoms in total. The molecule has 1 saturated carbocycles. The minimum atomic E-state index is -1.13. The van der Waals surface area contributed by atoms with Gasteiger partial charge >= 0.3 is 11.9 Å². The molecular weight excluding hydrogens is 196 g/mol. The molecule has 0 bridgehead atoms. The number of esters is 1. The molecule has 0 radical (unpaired) electrons. The summed E-state index contributed by atoms with van der Waals surface area (Å²) in [6, 6.07) is 0. The van der Waals surface area contributed by atoms with Crippen molar-refractivity contribution in [2.75, 3.05) is 0 Å². The normalized spacial score (nSPS) is 26.5. The smallest absolute Gasteiger partial charge is 0.331 e. The zero-order valence-electron chi connectivity index (χ0n) is 8.81. The number of carbonyl (C=O) groups excluding carboxylic acids is 1. The molecule has 84 valence electrons. The topological polar surface area (TPSA) is 63.6 Å². The summed E-state index contributed by atoms with van der Waals surface area (Å²) in [5.74, 6) is -0.990. The van der Waals surface area contributed by atoms with E-state index >= 15 is 0 Å². The summed E-state index contributed by atoms with van der Waals surface area (Å²) in [6.07, 6.45) is 5.63. The van der Waals surface area contributed by atoms with Gasteiger partial charge in [0.15, 0.2) is 0 Å². The fourth-order valence-corrected chi connectivity index (χ4v) is 1.69. The molecule has 0 amide bonds. The second-order valence-corrected chi connectivity index (χ2v) is 3.99. The lowest BCUT2D eigenvalue weighted by molar-refractivity contribution is -0.145. The minimum Gasteiger partial charge on any atom is -0.478 e. The SMILES string of the molecule is CC1CCC(OC(=O)/C=C/C(=O)O)CC1. The van der Waals surface area contributed by atoms with E-state index in [-0.39, 0.29) is 6.10 Å². The fraction of sp³-hybridized carbons (Fsp3) is 0.636. The van der Waals surface area contributed by atoms with Crippen LogP contribution in [0, 0.1) is 5.92 Å². The maximum atomic E-state index is 11.1. The summed E-state index contributed by atoms with van der Waals surface area (Å²) in [4.78, 5) is 21.3. The van der Waals surface area contributed by atoms with Gasteiger partial charge in [0.25, 0.3) is 0 Å². The molecule has 0 spiro atoms. The average Bonchev–Trinajstić information content (AvgIpc) is 2.19. The van der Waals surface area contributed by atoms with E-state index in [1.54, 1.807) is 0 Å². The lowest BCUT2D eigenvalue weighted by Gasteiger charge is -2.25. The van der Waals surface area contributed by atoms with Gasteiger partial charge in [0, 0.05) is 12.2 Å². The van der Waals surface area contributed by atoms with E-state index in [1.807, 2.05) is 0 Å². The van der Waals surface area contributed by atoms with Gasteiger partial charge in [-0.25, -0.2) is 9.59 Å². The Morgan fingerprint density at radius 1 is 1.20 bits per heavy atom. The number of hydrogen-bond acceptors (Lipinski definition) is 3. The number of hydrogen-bond donors (Lipinski definition) is 1. The van der Waals surface area contributed by atoms with Crippen LogP contribution >= 0.6 is 0 Å². The van der Waals surface area contributed by atoms with E-state index in [9.17, 15) is 9.59 Å². The summed E-state index contributed by atoms with van der Waals surface area (Å²) in [6.45, 7) is 2.18. The molecular formula is C11H16O4. The Bertz CT molecular complexity index is 262. The van der Waals surface area contributed by atoms with Crippen LogP contribution in [0.15, 0.2) is 12.2 Å². The first-order valence-corrected chi connectivity index (χ1v) is 5.19. The van der Waals surface area contributed by atoms with E-state index in [0.29, 0.717) is 5.92 Å². The molecule has 1 aliphatic carbocycles. The van der Waals surface area contributed by atoms with Crippen molar-refractivity contribution in [2.45, 2.75) is 38.7 Å². The van der Waals surface area contributed by atoms with Crippen LogP contribution in [0.1, 0.15) is 32.6 Å². The van der Waals surface area contributed by atoms with Crippen LogP contribution in [0.3, 0.4) is 0 Å². The van der Waals surface area contributed by atoms with Gasteiger partial charge in [-0.05, 0) is 31.6 Å². The third kappa shape index (κ3) is 4.63. The molecule has 0 aromatic rings. The van der Waals surface area contributed by atoms with Crippen molar-refractivity contribution >= 4 is 11.9 Å². The Balaban J connectivity index is 2.29. The predicted molar refractivity (Wildman–Crippen MR) is 54.3 cm³/mol. The van der Waals surface area contributed by atoms with Gasteiger partial charge in [0.2, 0.25) is 0 Å². The molecule has 4 heteroatoms. The molecule has 0 unspecified atom stereocenters. The minimum absolute atomic E-state index is 0.0351. The van der Waals surface area contributed by atoms with Crippen molar-refractivity contribution in [2.24, 2.45) is 5.92 Å². The Labute approximate surface area is 88.9 Å². The van der Waals surface area contributed by atoms with E-state index in [1.165, 1.54) is 0 Å². The van der Waals surface area contributed by atoms with Gasteiger partial charge in [-0.1, -0.05) is 6.92 Å². The summed E-state index contributed by atoms with van der Waals surface area (Å²) in [5.41, 5.74) is 0. The second-order valence-electron chi connectivity index (χ2n) is 3.99. The predicted octanol–water partition coefficient (Wildman–Crippen LogP) is 1.75. The van der Waals surface area contributed by atoms with Gasteiger partial charge < -0.3 is 9.84 Å². The molecule has 0 aliphatic heterocycles. The van der Waals surface area contributed by atoms with Gasteiger partial charge in [0.05, 0.1) is 0 Å². The number of ether oxygens (including phenoxy) is 1. The molecule has 1 N–H and O–H groups in total. The van der Waals surface area contributed by atoms with Crippen LogP contribution in [0.2, 0.25) is 0 Å². The zero-order chi connectivity index (χ0) is 11.3. The third-order valence-corrected chi connectivity index (χ3v) is 2.61. The first-order valence-electron chi connectivity index (χ1n) is 5.19. The van der Waals surface area contributed by atoms with Crippen LogP contribution in [-0.2, 0) is 14.3 Å². The van der Waals surface area contributed by atoms with Gasteiger partial charge in [0.1, 0.15) is 6.10 Å². The molecule has 15 heavy (non-hydrogen) atoms. The Morgan fingerprint density at radius 3 is 2.33 bits per heavy atom. The standard InChI is InChI=1S/C11H16O4/c1-8-2-4-9(5-3-8)15-11(14)7-6-10(12)13/h6-9H,2-5H2,1H3,(H,12,13)/b7-6+. The summed E-state index contributed by atoms with van der Waals surface area (Å²) in [5, 5.41) is 8.31. The number of aliphatic carboxylic acids is 1. The largest absolute Gasteiger partial charge is 0.478 e. The van der Waals surface area contributed by atoms with Crippen LogP contribution < -0.4 is 0 Å². The number of carbonyl (C=O) groups is 2. The van der Waals surface area contributed by atoms with Crippen LogP contribution in [-0.4, -0.2) is 23.1 Å². The molecule has 0 heterocycles. The van der Waals surface area contributed by atoms with Crippen molar-refractivity contribution in [1.29, 1.82) is 0 Å². The molecule has 1 fully saturated rings. The Hall–Kier alpha value is -1.32. The fourth-order valence-electron chi connectivity index (χ4n) is 1.69. The molecule has 0 aromatic heterocycles. The number of carboxylic acid groups (broad SMARTS) is 1. The zero-order valence-corrected chi connectivity index (χ0v) is 8.81. The van der Waals surface area contributed by atoms with E-state index in [0.717, 1.165) is 37.8 Å². The lowest BCUT2D eigenvalue weighted by Crippen LogP contribution is -2.22. The summed E-state index contributed by atoms with van der Waals surface area (Å²) >= 11 is 0. The lowest BCUT2D eigenvalue weighted by atomic mass is 9.89. The van der Waals surface area contributed by atoms with Crippen molar-refractivity contribution < 1.29 is 19.4 Å². The first-order chi connectivity index (χ1) is 7.08. The second kappa shape index (κ2) is 5.53. The molecule has 1 rings (SSSR count). The van der Waals surface area contributed by atoms with Crippen LogP contribution in [0.4, 0.5) is 0 Å². The Morgan fingerprint density at radius 2 is 1.80 bits per heavy atom. The molecule has 0 saturated heterocycles. The highest BCUT2D eigenvalue weighted by molar-refractivity contribution is 5.90. The quantitative estimate of drug-likeness (QED) is 0.571. The van der Waals surface area contributed by atoms with E-state index in [2.05, 4.69) is 6.92 Å². The number of rotatable bonds is 3. The van der Waals surface area contributed by atoms with Gasteiger partial charge in [-0.15, -0.1) is 0 Å². The number of carboxylic acids is 1. The van der Waals surface area contributed by atoms with Crippen molar-refractivity contribution in [1.82, 2.24) is 0 Å². The third-order valence-electron chi connectivity index (χ3n) is 2.61. The van der Waals surface area contributed by atoms with Gasteiger partial charge in [-0.3, -0.25) is 0 Å². The highest BCUT2D eigenvalue weighted by atomic mass is 16.5. The monoisotopic (exact) mass is 212 g/mol. The Kier molecular flexibility index (Phi) is 4.34. The molecule has 0 aromatic carbocycles. The average molecular weight is 212 g/mol. The van der Waals surface area contributed by atoms with Crippen LogP contribution in [0.5, 0.6) is 0 Å². The van der Waals surface area contributed by atoms with E-state index in [4.69, 9.17) is 9.84 Å². The maximum Gasteiger partial charge on any atom is 0.331 e. The molecule has 0 atom stereocenters. The summed E-state index contributed by atoms with van der Waals surface area (Å²) in [7, 11) is 0. The van der Waals surface area contributed by atoms with Gasteiger partial charge in [-0.2, -0.15) is 0 Å². The first kappa shape index (κ1) is 11.8. The highest BCUT2D eigenvalue weighted by Gasteiger charge is 2.20. The van der Waals surface area contributed by atoms with Crippen LogP contribution in [0.25, 0.3) is 0 Å². The highest BCUT2D eigenvalue weighted by Crippen LogP contribution is 2.25. The van der Waals surface area contributed by atoms with Crippen molar-refractivity contribution in [3.8, 4) is 0 Å². The van der Waals surface area contributed by atoms with E-state index < -0.39 is 11.9 Å². The van der Waals surface area contributed by atoms with Crippen molar-refractivity contribution in [3.05, 3.63) is 12.2 Å². The van der Waals surface area contributed by atoms with Crippen molar-refractivity contribution in [3.63, 3.8) is 0 Å².